The molecule has 146 valence electrons. The van der Waals surface area contributed by atoms with Crippen molar-refractivity contribution >= 4 is 15.9 Å². The number of hydrogen-bond donors (Lipinski definition) is 1. The summed E-state index contributed by atoms with van der Waals surface area (Å²) in [5, 5.41) is 9.76. The Morgan fingerprint density at radius 1 is 1.31 bits per heavy atom. The van der Waals surface area contributed by atoms with E-state index in [1.807, 2.05) is 24.0 Å². The van der Waals surface area contributed by atoms with E-state index in [4.69, 9.17) is 9.47 Å². The molecular weight excluding hydrogens is 415 g/mol. The summed E-state index contributed by atoms with van der Waals surface area (Å²) in [5.74, 6) is 1.14. The van der Waals surface area contributed by atoms with Crippen LogP contribution in [0.25, 0.3) is 0 Å². The first-order valence-electron chi connectivity index (χ1n) is 8.40. The summed E-state index contributed by atoms with van der Waals surface area (Å²) in [6, 6.07) is 3.70. The molecule has 1 fully saturated rings. The fraction of sp³-hybridized carbons (Fsp3) is 0.556. The highest BCUT2D eigenvalue weighted by Crippen LogP contribution is 2.40. The van der Waals surface area contributed by atoms with Crippen LogP contribution in [-0.4, -0.2) is 48.1 Å². The van der Waals surface area contributed by atoms with Gasteiger partial charge in [0, 0.05) is 19.6 Å². The summed E-state index contributed by atoms with van der Waals surface area (Å²) in [7, 11) is 0. The number of hydrogen-bond acceptors (Lipinski definition) is 4. The van der Waals surface area contributed by atoms with Gasteiger partial charge in [-0.1, -0.05) is 12.7 Å². The van der Waals surface area contributed by atoms with Crippen molar-refractivity contribution < 1.29 is 27.8 Å². The number of benzene rings is 1. The average Bonchev–Trinajstić information content (AvgIpc) is 2.56. The number of halogens is 4. The Morgan fingerprint density at radius 3 is 2.50 bits per heavy atom. The molecule has 2 rings (SSSR count). The standard InChI is InChI=1S/C18H23BrF3NO3/c1-3-9-26-16-14(19)10-13(11-15(16)25-4-2)12-23-7-5-17(24,6-8-23)18(20,21)22/h3,10-11,24H,1,4-9,12H2,2H3. The van der Waals surface area contributed by atoms with Crippen LogP contribution >= 0.6 is 15.9 Å². The fourth-order valence-corrected chi connectivity index (χ4v) is 3.48. The van der Waals surface area contributed by atoms with Crippen molar-refractivity contribution in [3.05, 3.63) is 34.8 Å². The van der Waals surface area contributed by atoms with Crippen LogP contribution in [0.4, 0.5) is 13.2 Å². The highest BCUT2D eigenvalue weighted by molar-refractivity contribution is 9.10. The van der Waals surface area contributed by atoms with Gasteiger partial charge < -0.3 is 14.6 Å². The third kappa shape index (κ3) is 4.92. The molecule has 0 atom stereocenters. The van der Waals surface area contributed by atoms with Gasteiger partial charge in [0.15, 0.2) is 17.1 Å². The minimum Gasteiger partial charge on any atom is -0.490 e. The van der Waals surface area contributed by atoms with Gasteiger partial charge in [0.2, 0.25) is 0 Å². The number of aliphatic hydroxyl groups is 1. The molecule has 1 saturated heterocycles. The molecule has 1 aromatic carbocycles. The molecule has 4 nitrogen and oxygen atoms in total. The summed E-state index contributed by atoms with van der Waals surface area (Å²) in [6.07, 6.45) is -3.60. The smallest absolute Gasteiger partial charge is 0.417 e. The SMILES string of the molecule is C=CCOc1c(Br)cc(CN2CCC(O)(C(F)(F)F)CC2)cc1OCC. The lowest BCUT2D eigenvalue weighted by Crippen LogP contribution is -2.53. The maximum absolute atomic E-state index is 12.9. The van der Waals surface area contributed by atoms with Gasteiger partial charge in [0.05, 0.1) is 11.1 Å². The molecule has 1 aliphatic heterocycles. The third-order valence-corrected chi connectivity index (χ3v) is 4.92. The van der Waals surface area contributed by atoms with Crippen molar-refractivity contribution in [3.8, 4) is 11.5 Å². The lowest BCUT2D eigenvalue weighted by Gasteiger charge is -2.39. The summed E-state index contributed by atoms with van der Waals surface area (Å²) in [4.78, 5) is 1.89. The second-order valence-electron chi connectivity index (χ2n) is 6.24. The number of piperidine rings is 1. The molecule has 26 heavy (non-hydrogen) atoms. The van der Waals surface area contributed by atoms with Gasteiger partial charge in [-0.15, -0.1) is 0 Å². The molecule has 0 saturated carbocycles. The average molecular weight is 438 g/mol. The van der Waals surface area contributed by atoms with Crippen molar-refractivity contribution in [2.24, 2.45) is 0 Å². The number of alkyl halides is 3. The van der Waals surface area contributed by atoms with Gasteiger partial charge in [-0.25, -0.2) is 0 Å². The van der Waals surface area contributed by atoms with Crippen LogP contribution < -0.4 is 9.47 Å². The molecule has 1 aromatic rings. The molecule has 0 unspecified atom stereocenters. The minimum absolute atomic E-state index is 0.173. The molecule has 0 aliphatic carbocycles. The van der Waals surface area contributed by atoms with Crippen molar-refractivity contribution in [2.45, 2.75) is 38.1 Å². The Bertz CT molecular complexity index is 629. The molecule has 0 aromatic heterocycles. The van der Waals surface area contributed by atoms with E-state index in [2.05, 4.69) is 22.5 Å². The summed E-state index contributed by atoms with van der Waals surface area (Å²) < 4.78 is 50.7. The van der Waals surface area contributed by atoms with E-state index >= 15 is 0 Å². The van der Waals surface area contributed by atoms with Gasteiger partial charge in [0.1, 0.15) is 6.61 Å². The highest BCUT2D eigenvalue weighted by atomic mass is 79.9. The molecular formula is C18H23BrF3NO3. The van der Waals surface area contributed by atoms with Crippen LogP contribution in [0.3, 0.4) is 0 Å². The molecule has 1 heterocycles. The summed E-state index contributed by atoms with van der Waals surface area (Å²) >= 11 is 3.46. The van der Waals surface area contributed by atoms with Gasteiger partial charge in [0.25, 0.3) is 0 Å². The lowest BCUT2D eigenvalue weighted by atomic mass is 9.90. The zero-order chi connectivity index (χ0) is 19.4. The van der Waals surface area contributed by atoms with Crippen molar-refractivity contribution in [1.82, 2.24) is 4.90 Å². The van der Waals surface area contributed by atoms with Gasteiger partial charge in [-0.05, 0) is 53.4 Å². The molecule has 0 spiro atoms. The Kier molecular flexibility index (Phi) is 6.99. The maximum atomic E-state index is 12.9. The van der Waals surface area contributed by atoms with E-state index in [0.29, 0.717) is 35.7 Å². The number of rotatable bonds is 7. The van der Waals surface area contributed by atoms with E-state index in [1.165, 1.54) is 0 Å². The first kappa shape index (κ1) is 21.1. The van der Waals surface area contributed by atoms with Crippen LogP contribution in [-0.2, 0) is 6.54 Å². The molecule has 1 aliphatic rings. The third-order valence-electron chi connectivity index (χ3n) is 4.33. The second-order valence-corrected chi connectivity index (χ2v) is 7.10. The van der Waals surface area contributed by atoms with E-state index < -0.39 is 11.8 Å². The van der Waals surface area contributed by atoms with Crippen LogP contribution in [0.2, 0.25) is 0 Å². The fourth-order valence-electron chi connectivity index (χ4n) is 2.88. The lowest BCUT2D eigenvalue weighted by molar-refractivity contribution is -0.272. The Balaban J connectivity index is 2.09. The zero-order valence-electron chi connectivity index (χ0n) is 14.6. The minimum atomic E-state index is -4.59. The predicted octanol–water partition coefficient (Wildman–Crippen LogP) is 4.30. The van der Waals surface area contributed by atoms with E-state index in [1.54, 1.807) is 6.08 Å². The predicted molar refractivity (Wildman–Crippen MR) is 96.5 cm³/mol. The second kappa shape index (κ2) is 8.63. The zero-order valence-corrected chi connectivity index (χ0v) is 16.2. The molecule has 0 bridgehead atoms. The number of nitrogens with zero attached hydrogens (tertiary/aromatic N) is 1. The van der Waals surface area contributed by atoms with E-state index in [9.17, 15) is 18.3 Å². The van der Waals surface area contributed by atoms with Crippen LogP contribution in [0.1, 0.15) is 25.3 Å². The Hall–Kier alpha value is -1.25. The number of likely N-dealkylation sites (tertiary alicyclic amines) is 1. The van der Waals surface area contributed by atoms with Gasteiger partial charge in [-0.3, -0.25) is 4.90 Å². The maximum Gasteiger partial charge on any atom is 0.417 e. The molecule has 0 amide bonds. The van der Waals surface area contributed by atoms with Crippen molar-refractivity contribution in [3.63, 3.8) is 0 Å². The quantitative estimate of drug-likeness (QED) is 0.645. The largest absolute Gasteiger partial charge is 0.490 e. The topological polar surface area (TPSA) is 41.9 Å². The molecule has 1 N–H and O–H groups in total. The van der Waals surface area contributed by atoms with Crippen molar-refractivity contribution in [2.75, 3.05) is 26.3 Å². The molecule has 8 heteroatoms. The summed E-state index contributed by atoms with van der Waals surface area (Å²) in [6.45, 7) is 7.09. The summed E-state index contributed by atoms with van der Waals surface area (Å²) in [5.41, 5.74) is -1.69. The normalized spacial score (nSPS) is 17.8. The van der Waals surface area contributed by atoms with E-state index in [0.717, 1.165) is 5.56 Å². The monoisotopic (exact) mass is 437 g/mol. The number of ether oxygens (including phenoxy) is 2. The first-order valence-corrected chi connectivity index (χ1v) is 9.20. The van der Waals surface area contributed by atoms with Crippen LogP contribution in [0.5, 0.6) is 11.5 Å². The van der Waals surface area contributed by atoms with Crippen molar-refractivity contribution in [1.29, 1.82) is 0 Å². The van der Waals surface area contributed by atoms with Crippen LogP contribution in [0, 0.1) is 0 Å². The first-order chi connectivity index (χ1) is 12.2. The van der Waals surface area contributed by atoms with Gasteiger partial charge >= 0.3 is 6.18 Å². The highest BCUT2D eigenvalue weighted by Gasteiger charge is 2.54. The van der Waals surface area contributed by atoms with Gasteiger partial charge in [-0.2, -0.15) is 13.2 Å². The Morgan fingerprint density at radius 2 is 1.96 bits per heavy atom. The van der Waals surface area contributed by atoms with E-state index in [-0.39, 0.29) is 25.9 Å². The molecule has 0 radical (unpaired) electrons. The Labute approximate surface area is 159 Å². The van der Waals surface area contributed by atoms with Crippen LogP contribution in [0.15, 0.2) is 29.3 Å².